The van der Waals surface area contributed by atoms with Crippen LogP contribution < -0.4 is 5.73 Å². The van der Waals surface area contributed by atoms with E-state index in [9.17, 15) is 9.59 Å². The molecule has 1 aliphatic heterocycles. The molecule has 6 heteroatoms. The van der Waals surface area contributed by atoms with E-state index >= 15 is 0 Å². The molecule has 5 nitrogen and oxygen atoms in total. The first kappa shape index (κ1) is 15.7. The number of hydrogen-bond donors (Lipinski definition) is 1. The van der Waals surface area contributed by atoms with Crippen molar-refractivity contribution in [3.05, 3.63) is 70.2 Å². The molecule has 23 heavy (non-hydrogen) atoms. The van der Waals surface area contributed by atoms with E-state index in [1.807, 2.05) is 0 Å². The van der Waals surface area contributed by atoms with Crippen molar-refractivity contribution in [1.29, 1.82) is 0 Å². The Balaban J connectivity index is 1.76. The predicted molar refractivity (Wildman–Crippen MR) is 85.9 cm³/mol. The third-order valence-corrected chi connectivity index (χ3v) is 4.04. The van der Waals surface area contributed by atoms with Crippen molar-refractivity contribution in [1.82, 2.24) is 5.06 Å². The SMILES string of the molecule is C[C@H](ON1C(=O)c2ccccc2C1=O)[C@@H](N)c1ccc(Cl)cc1. The quantitative estimate of drug-likeness (QED) is 0.875. The number of rotatable bonds is 4. The number of nitrogens with zero attached hydrogens (tertiary/aromatic N) is 1. The number of carbonyl (C=O) groups is 2. The van der Waals surface area contributed by atoms with Crippen molar-refractivity contribution in [3.63, 3.8) is 0 Å². The van der Waals surface area contributed by atoms with E-state index in [2.05, 4.69) is 0 Å². The van der Waals surface area contributed by atoms with Crippen LogP contribution in [0.3, 0.4) is 0 Å². The first-order valence-electron chi connectivity index (χ1n) is 7.14. The second-order valence-corrected chi connectivity index (χ2v) is 5.77. The summed E-state index contributed by atoms with van der Waals surface area (Å²) in [5.74, 6) is -0.943. The Morgan fingerprint density at radius 2 is 1.52 bits per heavy atom. The number of hydrogen-bond acceptors (Lipinski definition) is 4. The Labute approximate surface area is 138 Å². The summed E-state index contributed by atoms with van der Waals surface area (Å²) in [5, 5.41) is 1.39. The van der Waals surface area contributed by atoms with Crippen LogP contribution in [-0.4, -0.2) is 23.0 Å². The lowest BCUT2D eigenvalue weighted by Crippen LogP contribution is -2.38. The van der Waals surface area contributed by atoms with E-state index in [1.165, 1.54) is 0 Å². The van der Waals surface area contributed by atoms with Gasteiger partial charge in [-0.25, -0.2) is 0 Å². The maximum Gasteiger partial charge on any atom is 0.285 e. The Morgan fingerprint density at radius 3 is 2.04 bits per heavy atom. The molecule has 118 valence electrons. The average Bonchev–Trinajstić information content (AvgIpc) is 2.80. The summed E-state index contributed by atoms with van der Waals surface area (Å²) in [6.45, 7) is 1.71. The maximum atomic E-state index is 12.3. The summed E-state index contributed by atoms with van der Waals surface area (Å²) in [4.78, 5) is 30.1. The largest absolute Gasteiger partial charge is 0.322 e. The molecule has 1 aliphatic rings. The van der Waals surface area contributed by atoms with Crippen LogP contribution in [-0.2, 0) is 4.84 Å². The fourth-order valence-electron chi connectivity index (χ4n) is 2.45. The van der Waals surface area contributed by atoms with Gasteiger partial charge in [-0.2, -0.15) is 0 Å². The molecule has 0 saturated carbocycles. The predicted octanol–water partition coefficient (Wildman–Crippen LogP) is 2.96. The van der Waals surface area contributed by atoms with Crippen molar-refractivity contribution >= 4 is 23.4 Å². The molecule has 0 aliphatic carbocycles. The monoisotopic (exact) mass is 330 g/mol. The minimum absolute atomic E-state index is 0.338. The number of imide groups is 1. The van der Waals surface area contributed by atoms with E-state index in [0.717, 1.165) is 10.6 Å². The molecule has 2 N–H and O–H groups in total. The van der Waals surface area contributed by atoms with Gasteiger partial charge in [0, 0.05) is 5.02 Å². The van der Waals surface area contributed by atoms with E-state index in [1.54, 1.807) is 55.5 Å². The summed E-state index contributed by atoms with van der Waals surface area (Å²) in [7, 11) is 0. The van der Waals surface area contributed by atoms with Gasteiger partial charge in [-0.3, -0.25) is 14.4 Å². The van der Waals surface area contributed by atoms with Crippen LogP contribution in [0.15, 0.2) is 48.5 Å². The second-order valence-electron chi connectivity index (χ2n) is 5.34. The molecule has 3 rings (SSSR count). The number of amides is 2. The fourth-order valence-corrected chi connectivity index (χ4v) is 2.58. The van der Waals surface area contributed by atoms with Crippen LogP contribution in [0.1, 0.15) is 39.2 Å². The topological polar surface area (TPSA) is 72.6 Å². The molecule has 0 radical (unpaired) electrons. The highest BCUT2D eigenvalue weighted by Crippen LogP contribution is 2.26. The lowest BCUT2D eigenvalue weighted by molar-refractivity contribution is -0.133. The van der Waals surface area contributed by atoms with Gasteiger partial charge >= 0.3 is 0 Å². The average molecular weight is 331 g/mol. The van der Waals surface area contributed by atoms with Crippen molar-refractivity contribution in [3.8, 4) is 0 Å². The van der Waals surface area contributed by atoms with Crippen LogP contribution in [0.2, 0.25) is 5.02 Å². The molecular weight excluding hydrogens is 316 g/mol. The van der Waals surface area contributed by atoms with Gasteiger partial charge in [0.25, 0.3) is 11.8 Å². The summed E-state index contributed by atoms with van der Waals surface area (Å²) in [5.41, 5.74) is 7.62. The van der Waals surface area contributed by atoms with E-state index < -0.39 is 24.0 Å². The Kier molecular flexibility index (Phi) is 4.17. The Morgan fingerprint density at radius 1 is 1.00 bits per heavy atom. The zero-order valence-corrected chi connectivity index (χ0v) is 13.2. The Bertz CT molecular complexity index is 726. The summed E-state index contributed by atoms with van der Waals surface area (Å²) in [6.07, 6.45) is -0.571. The van der Waals surface area contributed by atoms with Gasteiger partial charge in [0.15, 0.2) is 0 Å². The lowest BCUT2D eigenvalue weighted by Gasteiger charge is -2.24. The highest BCUT2D eigenvalue weighted by molar-refractivity contribution is 6.30. The molecule has 2 aromatic rings. The molecule has 2 atom stereocenters. The van der Waals surface area contributed by atoms with Crippen molar-refractivity contribution < 1.29 is 14.4 Å². The van der Waals surface area contributed by atoms with Crippen molar-refractivity contribution in [2.45, 2.75) is 19.1 Å². The van der Waals surface area contributed by atoms with E-state index in [4.69, 9.17) is 22.2 Å². The molecule has 0 aromatic heterocycles. The van der Waals surface area contributed by atoms with Crippen LogP contribution in [0, 0.1) is 0 Å². The second kappa shape index (κ2) is 6.12. The molecule has 2 aromatic carbocycles. The zero-order valence-electron chi connectivity index (χ0n) is 12.4. The fraction of sp³-hybridized carbons (Fsp3) is 0.176. The highest BCUT2D eigenvalue weighted by Gasteiger charge is 2.38. The van der Waals surface area contributed by atoms with Gasteiger partial charge in [-0.05, 0) is 36.8 Å². The number of fused-ring (bicyclic) bond motifs is 1. The number of hydroxylamine groups is 2. The van der Waals surface area contributed by atoms with Gasteiger partial charge in [-0.15, -0.1) is 5.06 Å². The molecule has 0 bridgehead atoms. The van der Waals surface area contributed by atoms with E-state index in [0.29, 0.717) is 16.1 Å². The molecule has 0 fully saturated rings. The van der Waals surface area contributed by atoms with Crippen LogP contribution in [0.25, 0.3) is 0 Å². The first-order chi connectivity index (χ1) is 11.0. The molecule has 0 saturated heterocycles. The molecule has 0 spiro atoms. The zero-order chi connectivity index (χ0) is 16.6. The molecular formula is C17H15ClN2O3. The Hall–Kier alpha value is -2.21. The van der Waals surface area contributed by atoms with Gasteiger partial charge in [-0.1, -0.05) is 35.9 Å². The summed E-state index contributed by atoms with van der Waals surface area (Å²) >= 11 is 5.85. The molecule has 0 unspecified atom stereocenters. The van der Waals surface area contributed by atoms with Crippen molar-refractivity contribution in [2.75, 3.05) is 0 Å². The van der Waals surface area contributed by atoms with Crippen molar-refractivity contribution in [2.24, 2.45) is 5.73 Å². The first-order valence-corrected chi connectivity index (χ1v) is 7.52. The third kappa shape index (κ3) is 2.86. The van der Waals surface area contributed by atoms with Gasteiger partial charge < -0.3 is 5.73 Å². The highest BCUT2D eigenvalue weighted by atomic mass is 35.5. The summed E-state index contributed by atoms with van der Waals surface area (Å²) < 4.78 is 0. The normalized spacial score (nSPS) is 16.4. The third-order valence-electron chi connectivity index (χ3n) is 3.79. The number of carbonyl (C=O) groups excluding carboxylic acids is 2. The number of halogens is 1. The lowest BCUT2D eigenvalue weighted by atomic mass is 10.0. The maximum absolute atomic E-state index is 12.3. The van der Waals surface area contributed by atoms with Gasteiger partial charge in [0.1, 0.15) is 6.10 Å². The van der Waals surface area contributed by atoms with Crippen LogP contribution in [0.5, 0.6) is 0 Å². The minimum atomic E-state index is -0.571. The van der Waals surface area contributed by atoms with Crippen LogP contribution in [0.4, 0.5) is 0 Å². The smallest absolute Gasteiger partial charge is 0.285 e. The van der Waals surface area contributed by atoms with Gasteiger partial charge in [0.2, 0.25) is 0 Å². The number of benzene rings is 2. The molecule has 1 heterocycles. The number of nitrogens with two attached hydrogens (primary N) is 1. The van der Waals surface area contributed by atoms with Gasteiger partial charge in [0.05, 0.1) is 17.2 Å². The van der Waals surface area contributed by atoms with E-state index in [-0.39, 0.29) is 0 Å². The minimum Gasteiger partial charge on any atom is -0.322 e. The molecule has 2 amide bonds. The summed E-state index contributed by atoms with van der Waals surface area (Å²) in [6, 6.07) is 13.1. The standard InChI is InChI=1S/C17H15ClN2O3/c1-10(15(19)11-6-8-12(18)9-7-11)23-20-16(21)13-4-2-3-5-14(13)17(20)22/h2-10,15H,19H2,1H3/t10-,15+/m0/s1. The van der Waals surface area contributed by atoms with Crippen LogP contribution >= 0.6 is 11.6 Å².